The maximum Gasteiger partial charge on any atom is 0.411 e. The van der Waals surface area contributed by atoms with E-state index in [0.29, 0.717) is 12.3 Å². The molecule has 0 saturated heterocycles. The normalized spacial score (nSPS) is 9.12. The molecule has 17 heavy (non-hydrogen) atoms. The molecule has 0 unspecified atom stereocenters. The molecule has 3 N–H and O–H groups in total. The molecule has 0 aromatic heterocycles. The summed E-state index contributed by atoms with van der Waals surface area (Å²) in [5, 5.41) is 2.66. The van der Waals surface area contributed by atoms with Gasteiger partial charge in [-0.05, 0) is 31.5 Å². The molecule has 4 heteroatoms. The summed E-state index contributed by atoms with van der Waals surface area (Å²) < 4.78 is 4.82. The third-order valence-electron chi connectivity index (χ3n) is 2.01. The van der Waals surface area contributed by atoms with E-state index in [1.807, 2.05) is 25.1 Å². The molecular weight excluding hydrogens is 216 g/mol. The molecule has 1 amide bonds. The van der Waals surface area contributed by atoms with Crippen molar-refractivity contribution in [3.63, 3.8) is 0 Å². The summed E-state index contributed by atoms with van der Waals surface area (Å²) in [6.07, 6.45) is -0.478. The first-order chi connectivity index (χ1) is 8.17. The minimum atomic E-state index is -0.478. The highest BCUT2D eigenvalue weighted by atomic mass is 16.5. The Morgan fingerprint density at radius 2 is 2.29 bits per heavy atom. The van der Waals surface area contributed by atoms with Gasteiger partial charge >= 0.3 is 6.09 Å². The first-order valence-electron chi connectivity index (χ1n) is 5.40. The van der Waals surface area contributed by atoms with Gasteiger partial charge in [0.15, 0.2) is 0 Å². The molecular formula is C13H16N2O2. The van der Waals surface area contributed by atoms with Crippen molar-refractivity contribution < 1.29 is 9.53 Å². The zero-order chi connectivity index (χ0) is 12.7. The van der Waals surface area contributed by atoms with Crippen LogP contribution in [0.25, 0.3) is 0 Å². The van der Waals surface area contributed by atoms with Gasteiger partial charge in [0.05, 0.1) is 18.8 Å². The van der Waals surface area contributed by atoms with Crippen LogP contribution in [0.4, 0.5) is 10.5 Å². The Hall–Kier alpha value is -1.99. The van der Waals surface area contributed by atoms with Crippen molar-refractivity contribution in [3.05, 3.63) is 29.3 Å². The number of nitrogens with two attached hydrogens (primary N) is 1. The van der Waals surface area contributed by atoms with Crippen LogP contribution in [-0.2, 0) is 4.74 Å². The average Bonchev–Trinajstić information content (AvgIpc) is 2.28. The van der Waals surface area contributed by atoms with Crippen molar-refractivity contribution in [1.82, 2.24) is 0 Å². The van der Waals surface area contributed by atoms with Crippen molar-refractivity contribution in [2.45, 2.75) is 13.8 Å². The Kier molecular flexibility index (Phi) is 5.05. The molecule has 0 bridgehead atoms. The maximum atomic E-state index is 11.3. The van der Waals surface area contributed by atoms with E-state index < -0.39 is 6.09 Å². The molecule has 0 aliphatic heterocycles. The first kappa shape index (κ1) is 13.1. The number of carbonyl (C=O) groups is 1. The standard InChI is InChI=1S/C13H16N2O2/c1-3-17-13(16)15-12-9-10(2)6-7-11(12)5-4-8-14/h6-7,9H,3,8,14H2,1-2H3,(H,15,16). The lowest BCUT2D eigenvalue weighted by Crippen LogP contribution is -2.14. The van der Waals surface area contributed by atoms with E-state index in [0.717, 1.165) is 11.1 Å². The minimum absolute atomic E-state index is 0.284. The summed E-state index contributed by atoms with van der Waals surface area (Å²) in [6, 6.07) is 5.62. The minimum Gasteiger partial charge on any atom is -0.450 e. The number of hydrogen-bond acceptors (Lipinski definition) is 3. The highest BCUT2D eigenvalue weighted by Crippen LogP contribution is 2.16. The van der Waals surface area contributed by atoms with Gasteiger partial charge in [-0.15, -0.1) is 0 Å². The topological polar surface area (TPSA) is 64.3 Å². The van der Waals surface area contributed by atoms with Crippen LogP contribution in [0.15, 0.2) is 18.2 Å². The molecule has 1 aromatic rings. The van der Waals surface area contributed by atoms with Gasteiger partial charge in [0.2, 0.25) is 0 Å². The number of anilines is 1. The van der Waals surface area contributed by atoms with Crippen LogP contribution in [0.2, 0.25) is 0 Å². The van der Waals surface area contributed by atoms with Gasteiger partial charge in [-0.1, -0.05) is 17.9 Å². The molecule has 0 spiro atoms. The van der Waals surface area contributed by atoms with Crippen LogP contribution in [0.5, 0.6) is 0 Å². The predicted molar refractivity (Wildman–Crippen MR) is 67.8 cm³/mol. The van der Waals surface area contributed by atoms with Crippen LogP contribution in [0.3, 0.4) is 0 Å². The monoisotopic (exact) mass is 232 g/mol. The van der Waals surface area contributed by atoms with Gasteiger partial charge in [-0.3, -0.25) is 5.32 Å². The van der Waals surface area contributed by atoms with Gasteiger partial charge in [0.25, 0.3) is 0 Å². The zero-order valence-corrected chi connectivity index (χ0v) is 10.0. The van der Waals surface area contributed by atoms with Crippen molar-refractivity contribution in [1.29, 1.82) is 0 Å². The van der Waals surface area contributed by atoms with Gasteiger partial charge < -0.3 is 10.5 Å². The SMILES string of the molecule is CCOC(=O)Nc1cc(C)ccc1C#CCN. The van der Waals surface area contributed by atoms with Crippen LogP contribution in [0.1, 0.15) is 18.1 Å². The number of benzene rings is 1. The quantitative estimate of drug-likeness (QED) is 0.765. The third kappa shape index (κ3) is 4.17. The second-order valence-electron chi connectivity index (χ2n) is 3.40. The van der Waals surface area contributed by atoms with E-state index in [1.165, 1.54) is 0 Å². The Bertz CT molecular complexity index is 458. The number of carbonyl (C=O) groups excluding carboxylic acids is 1. The number of ether oxygens (including phenoxy) is 1. The van der Waals surface area contributed by atoms with E-state index in [1.54, 1.807) is 6.92 Å². The van der Waals surface area contributed by atoms with Crippen molar-refractivity contribution >= 4 is 11.8 Å². The molecule has 0 heterocycles. The molecule has 0 fully saturated rings. The highest BCUT2D eigenvalue weighted by Gasteiger charge is 2.05. The Morgan fingerprint density at radius 3 is 2.94 bits per heavy atom. The second-order valence-corrected chi connectivity index (χ2v) is 3.40. The van der Waals surface area contributed by atoms with Crippen LogP contribution in [-0.4, -0.2) is 19.2 Å². The van der Waals surface area contributed by atoms with E-state index in [9.17, 15) is 4.79 Å². The molecule has 90 valence electrons. The molecule has 0 aliphatic carbocycles. The molecule has 4 nitrogen and oxygen atoms in total. The smallest absolute Gasteiger partial charge is 0.411 e. The summed E-state index contributed by atoms with van der Waals surface area (Å²) in [6.45, 7) is 4.32. The van der Waals surface area contributed by atoms with E-state index in [2.05, 4.69) is 17.2 Å². The largest absolute Gasteiger partial charge is 0.450 e. The van der Waals surface area contributed by atoms with E-state index >= 15 is 0 Å². The first-order valence-corrected chi connectivity index (χ1v) is 5.40. The zero-order valence-electron chi connectivity index (χ0n) is 10.0. The van der Waals surface area contributed by atoms with Crippen molar-refractivity contribution in [3.8, 4) is 11.8 Å². The van der Waals surface area contributed by atoms with Crippen LogP contribution >= 0.6 is 0 Å². The van der Waals surface area contributed by atoms with Gasteiger partial charge in [0.1, 0.15) is 0 Å². The molecule has 1 rings (SSSR count). The maximum absolute atomic E-state index is 11.3. The molecule has 0 saturated carbocycles. The summed E-state index contributed by atoms with van der Waals surface area (Å²) in [5.74, 6) is 5.66. The fourth-order valence-electron chi connectivity index (χ4n) is 1.29. The predicted octanol–water partition coefficient (Wildman–Crippen LogP) is 1.87. The Morgan fingerprint density at radius 1 is 1.53 bits per heavy atom. The highest BCUT2D eigenvalue weighted by molar-refractivity contribution is 5.86. The number of hydrogen-bond donors (Lipinski definition) is 2. The number of rotatable bonds is 2. The Balaban J connectivity index is 2.94. The lowest BCUT2D eigenvalue weighted by Gasteiger charge is -2.08. The number of nitrogens with one attached hydrogen (secondary N) is 1. The Labute approximate surface area is 101 Å². The fraction of sp³-hybridized carbons (Fsp3) is 0.308. The summed E-state index contributed by atoms with van der Waals surface area (Å²) in [4.78, 5) is 11.3. The van der Waals surface area contributed by atoms with Crippen LogP contribution in [0, 0.1) is 18.8 Å². The fourth-order valence-corrected chi connectivity index (χ4v) is 1.29. The lowest BCUT2D eigenvalue weighted by atomic mass is 10.1. The van der Waals surface area contributed by atoms with Crippen molar-refractivity contribution in [2.24, 2.45) is 5.73 Å². The summed E-state index contributed by atoms with van der Waals surface area (Å²) in [7, 11) is 0. The molecule has 0 aliphatic rings. The average molecular weight is 232 g/mol. The van der Waals surface area contributed by atoms with Gasteiger partial charge in [-0.25, -0.2) is 4.79 Å². The van der Waals surface area contributed by atoms with Crippen LogP contribution < -0.4 is 11.1 Å². The number of aryl methyl sites for hydroxylation is 1. The van der Waals surface area contributed by atoms with Gasteiger partial charge in [-0.2, -0.15) is 0 Å². The van der Waals surface area contributed by atoms with Gasteiger partial charge in [0, 0.05) is 5.56 Å². The second kappa shape index (κ2) is 6.56. The number of amides is 1. The lowest BCUT2D eigenvalue weighted by molar-refractivity contribution is 0.168. The van der Waals surface area contributed by atoms with E-state index in [-0.39, 0.29) is 6.54 Å². The molecule has 0 atom stereocenters. The van der Waals surface area contributed by atoms with Crippen molar-refractivity contribution in [2.75, 3.05) is 18.5 Å². The van der Waals surface area contributed by atoms with E-state index in [4.69, 9.17) is 10.5 Å². The molecule has 1 aromatic carbocycles. The molecule has 0 radical (unpaired) electrons. The third-order valence-corrected chi connectivity index (χ3v) is 2.01. The summed E-state index contributed by atoms with van der Waals surface area (Å²) in [5.41, 5.74) is 7.73. The summed E-state index contributed by atoms with van der Waals surface area (Å²) >= 11 is 0.